The number of hydrogen-bond donors (Lipinski definition) is 2. The molecule has 7 heteroatoms. The summed E-state index contributed by atoms with van der Waals surface area (Å²) < 4.78 is 5.57. The number of piperidine rings is 1. The molecule has 1 aromatic rings. The van der Waals surface area contributed by atoms with Crippen molar-refractivity contribution in [1.82, 2.24) is 14.9 Å². The molecule has 18 heavy (non-hydrogen) atoms. The Bertz CT molecular complexity index is 419. The van der Waals surface area contributed by atoms with E-state index in [0.717, 1.165) is 0 Å². The van der Waals surface area contributed by atoms with E-state index >= 15 is 0 Å². The van der Waals surface area contributed by atoms with Gasteiger partial charge in [-0.15, -0.1) is 0 Å². The summed E-state index contributed by atoms with van der Waals surface area (Å²) in [6, 6.07) is 1.84. The maximum Gasteiger partial charge on any atom is 0.407 e. The van der Waals surface area contributed by atoms with Crippen LogP contribution >= 0.6 is 0 Å². The van der Waals surface area contributed by atoms with Crippen molar-refractivity contribution in [2.45, 2.75) is 25.6 Å². The van der Waals surface area contributed by atoms with Gasteiger partial charge in [-0.2, -0.15) is 4.98 Å². The molecule has 1 fully saturated rings. The molecule has 0 bridgehead atoms. The molecular formula is C11H15N3O4. The van der Waals surface area contributed by atoms with Gasteiger partial charge in [0, 0.05) is 32.1 Å². The van der Waals surface area contributed by atoms with Crippen molar-refractivity contribution < 1.29 is 19.7 Å². The second-order valence-electron chi connectivity index (χ2n) is 4.08. The normalized spacial score (nSPS) is 16.6. The summed E-state index contributed by atoms with van der Waals surface area (Å²) in [5, 5.41) is 17.8. The van der Waals surface area contributed by atoms with Crippen LogP contribution < -0.4 is 4.74 Å². The van der Waals surface area contributed by atoms with Crippen LogP contribution in [0, 0.1) is 0 Å². The van der Waals surface area contributed by atoms with Crippen LogP contribution in [0.4, 0.5) is 4.79 Å². The van der Waals surface area contributed by atoms with Gasteiger partial charge in [0.25, 0.3) is 0 Å². The number of ether oxygens (including phenoxy) is 1. The fourth-order valence-electron chi connectivity index (χ4n) is 1.83. The first kappa shape index (κ1) is 12.6. The van der Waals surface area contributed by atoms with Gasteiger partial charge >= 0.3 is 12.1 Å². The Balaban J connectivity index is 1.89. The molecule has 0 atom stereocenters. The molecule has 0 saturated carbocycles. The number of rotatable bonds is 3. The lowest BCUT2D eigenvalue weighted by Gasteiger charge is -2.29. The van der Waals surface area contributed by atoms with E-state index in [1.807, 2.05) is 0 Å². The number of carboxylic acid groups (broad SMARTS) is 1. The van der Waals surface area contributed by atoms with E-state index in [1.165, 1.54) is 11.1 Å². The van der Waals surface area contributed by atoms with Gasteiger partial charge in [-0.25, -0.2) is 9.78 Å². The van der Waals surface area contributed by atoms with Crippen molar-refractivity contribution in [2.24, 2.45) is 0 Å². The molecule has 7 nitrogen and oxygen atoms in total. The maximum atomic E-state index is 10.7. The molecule has 1 aliphatic heterocycles. The van der Waals surface area contributed by atoms with E-state index in [2.05, 4.69) is 9.97 Å². The van der Waals surface area contributed by atoms with Crippen LogP contribution in [0.1, 0.15) is 18.5 Å². The predicted octanol–water partition coefficient (Wildman–Crippen LogP) is 0.490. The summed E-state index contributed by atoms with van der Waals surface area (Å²) in [5.74, 6) is 0. The zero-order chi connectivity index (χ0) is 13.0. The van der Waals surface area contributed by atoms with Crippen molar-refractivity contribution in [2.75, 3.05) is 13.1 Å². The first-order valence-electron chi connectivity index (χ1n) is 5.76. The monoisotopic (exact) mass is 253 g/mol. The molecule has 0 radical (unpaired) electrons. The quantitative estimate of drug-likeness (QED) is 0.813. The third-order valence-corrected chi connectivity index (χ3v) is 2.84. The van der Waals surface area contributed by atoms with Gasteiger partial charge in [-0.3, -0.25) is 0 Å². The van der Waals surface area contributed by atoms with E-state index < -0.39 is 6.09 Å². The van der Waals surface area contributed by atoms with Crippen LogP contribution in [0.25, 0.3) is 0 Å². The molecule has 0 spiro atoms. The van der Waals surface area contributed by atoms with E-state index in [4.69, 9.17) is 14.9 Å². The average molecular weight is 253 g/mol. The second kappa shape index (κ2) is 5.63. The molecule has 2 rings (SSSR count). The van der Waals surface area contributed by atoms with Crippen molar-refractivity contribution in [1.29, 1.82) is 0 Å². The molecule has 0 aromatic carbocycles. The van der Waals surface area contributed by atoms with Gasteiger partial charge < -0.3 is 19.8 Å². The highest BCUT2D eigenvalue weighted by Gasteiger charge is 2.23. The number of aliphatic hydroxyl groups is 1. The lowest BCUT2D eigenvalue weighted by molar-refractivity contribution is 0.0839. The van der Waals surface area contributed by atoms with Crippen molar-refractivity contribution in [3.05, 3.63) is 18.0 Å². The van der Waals surface area contributed by atoms with Crippen LogP contribution in [0.2, 0.25) is 0 Å². The minimum atomic E-state index is -0.896. The number of amides is 1. The van der Waals surface area contributed by atoms with Crippen molar-refractivity contribution >= 4 is 6.09 Å². The average Bonchev–Trinajstić information content (AvgIpc) is 2.39. The largest absolute Gasteiger partial charge is 0.465 e. The summed E-state index contributed by atoms with van der Waals surface area (Å²) in [4.78, 5) is 20.1. The van der Waals surface area contributed by atoms with Gasteiger partial charge in [0.15, 0.2) is 0 Å². The van der Waals surface area contributed by atoms with Crippen LogP contribution in [0.5, 0.6) is 6.01 Å². The van der Waals surface area contributed by atoms with Gasteiger partial charge in [-0.05, 0) is 6.07 Å². The third kappa shape index (κ3) is 3.07. The molecular weight excluding hydrogens is 238 g/mol. The van der Waals surface area contributed by atoms with Gasteiger partial charge in [-0.1, -0.05) is 0 Å². The minimum absolute atomic E-state index is 0.0745. The summed E-state index contributed by atoms with van der Waals surface area (Å²) in [6.07, 6.45) is 1.81. The SMILES string of the molecule is O=C(O)N1CCC(Oc2nccc(CO)n2)CC1. The molecule has 2 N–H and O–H groups in total. The van der Waals surface area contributed by atoms with E-state index in [0.29, 0.717) is 31.6 Å². The van der Waals surface area contributed by atoms with Gasteiger partial charge in [0.2, 0.25) is 0 Å². The number of aliphatic hydroxyl groups excluding tert-OH is 1. The number of carbonyl (C=O) groups is 1. The van der Waals surface area contributed by atoms with Crippen molar-refractivity contribution in [3.8, 4) is 6.01 Å². The molecule has 0 aliphatic carbocycles. The zero-order valence-electron chi connectivity index (χ0n) is 9.82. The molecule has 1 amide bonds. The molecule has 0 unspecified atom stereocenters. The zero-order valence-corrected chi connectivity index (χ0v) is 9.82. The maximum absolute atomic E-state index is 10.7. The predicted molar refractivity (Wildman–Crippen MR) is 61.2 cm³/mol. The Kier molecular flexibility index (Phi) is 3.93. The Morgan fingerprint density at radius 1 is 1.50 bits per heavy atom. The van der Waals surface area contributed by atoms with Gasteiger partial charge in [0.05, 0.1) is 12.3 Å². The molecule has 2 heterocycles. The molecule has 1 saturated heterocycles. The lowest BCUT2D eigenvalue weighted by Crippen LogP contribution is -2.41. The van der Waals surface area contributed by atoms with E-state index in [1.54, 1.807) is 6.07 Å². The van der Waals surface area contributed by atoms with Crippen LogP contribution in [-0.2, 0) is 6.61 Å². The van der Waals surface area contributed by atoms with Crippen LogP contribution in [-0.4, -0.2) is 50.4 Å². The highest BCUT2D eigenvalue weighted by atomic mass is 16.5. The second-order valence-corrected chi connectivity index (χ2v) is 4.08. The number of aromatic nitrogens is 2. The topological polar surface area (TPSA) is 95.8 Å². The summed E-state index contributed by atoms with van der Waals surface area (Å²) in [7, 11) is 0. The standard InChI is InChI=1S/C11H15N3O4/c15-7-8-1-4-12-10(13-8)18-9-2-5-14(6-3-9)11(16)17/h1,4,9,15H,2-3,5-7H2,(H,16,17). The highest BCUT2D eigenvalue weighted by molar-refractivity contribution is 5.65. The molecule has 1 aromatic heterocycles. The summed E-state index contributed by atoms with van der Waals surface area (Å²) >= 11 is 0. The van der Waals surface area contributed by atoms with Crippen molar-refractivity contribution in [3.63, 3.8) is 0 Å². The number of likely N-dealkylation sites (tertiary alicyclic amines) is 1. The summed E-state index contributed by atoms with van der Waals surface area (Å²) in [6.45, 7) is 0.760. The Morgan fingerprint density at radius 2 is 2.22 bits per heavy atom. The highest BCUT2D eigenvalue weighted by Crippen LogP contribution is 2.16. The Labute approximate surface area is 104 Å². The smallest absolute Gasteiger partial charge is 0.407 e. The third-order valence-electron chi connectivity index (χ3n) is 2.84. The van der Waals surface area contributed by atoms with Gasteiger partial charge in [0.1, 0.15) is 6.10 Å². The Morgan fingerprint density at radius 3 is 2.83 bits per heavy atom. The van der Waals surface area contributed by atoms with Crippen LogP contribution in [0.15, 0.2) is 12.3 Å². The number of hydrogen-bond acceptors (Lipinski definition) is 5. The first-order chi connectivity index (χ1) is 8.69. The molecule has 1 aliphatic rings. The lowest BCUT2D eigenvalue weighted by atomic mass is 10.1. The first-order valence-corrected chi connectivity index (χ1v) is 5.76. The minimum Gasteiger partial charge on any atom is -0.465 e. The number of nitrogens with zero attached hydrogens (tertiary/aromatic N) is 3. The fraction of sp³-hybridized carbons (Fsp3) is 0.545. The molecule has 98 valence electrons. The fourth-order valence-corrected chi connectivity index (χ4v) is 1.83. The van der Waals surface area contributed by atoms with E-state index in [9.17, 15) is 4.79 Å². The summed E-state index contributed by atoms with van der Waals surface area (Å²) in [5.41, 5.74) is 0.503. The Hall–Kier alpha value is -1.89. The van der Waals surface area contributed by atoms with Crippen LogP contribution in [0.3, 0.4) is 0 Å². The van der Waals surface area contributed by atoms with E-state index in [-0.39, 0.29) is 18.7 Å².